The number of ether oxygens (including phenoxy) is 2. The number of methoxy groups -OCH3 is 1. The number of furan rings is 1. The quantitative estimate of drug-likeness (QED) is 0.822. The summed E-state index contributed by atoms with van der Waals surface area (Å²) in [4.78, 5) is 14.7. The van der Waals surface area contributed by atoms with Gasteiger partial charge in [0.15, 0.2) is 0 Å². The lowest BCUT2D eigenvalue weighted by Gasteiger charge is -2.25. The molecule has 0 saturated carbocycles. The van der Waals surface area contributed by atoms with Crippen molar-refractivity contribution in [2.24, 2.45) is 0 Å². The molecule has 1 amide bonds. The Hall–Kier alpha value is -2.27. The maximum Gasteiger partial charge on any atom is 0.254 e. The Bertz CT molecular complexity index is 632. The average Bonchev–Trinajstić information content (AvgIpc) is 3.27. The summed E-state index contributed by atoms with van der Waals surface area (Å²) in [7, 11) is 1.59. The van der Waals surface area contributed by atoms with Crippen LogP contribution in [0.3, 0.4) is 0 Å². The van der Waals surface area contributed by atoms with Crippen molar-refractivity contribution < 1.29 is 18.7 Å². The number of hydrogen-bond donors (Lipinski definition) is 0. The van der Waals surface area contributed by atoms with Gasteiger partial charge in [0.25, 0.3) is 5.91 Å². The molecule has 0 N–H and O–H groups in total. The Balaban J connectivity index is 1.78. The van der Waals surface area contributed by atoms with Crippen LogP contribution in [0.15, 0.2) is 47.1 Å². The molecule has 0 radical (unpaired) electrons. The SMILES string of the molecule is COc1cccc(C(=O)N(Cc2ccco2)CC2CCCO2)c1. The highest BCUT2D eigenvalue weighted by Crippen LogP contribution is 2.19. The second-order valence-electron chi connectivity index (χ2n) is 5.63. The molecular weight excluding hydrogens is 294 g/mol. The van der Waals surface area contributed by atoms with Gasteiger partial charge < -0.3 is 18.8 Å². The van der Waals surface area contributed by atoms with Crippen molar-refractivity contribution >= 4 is 5.91 Å². The summed E-state index contributed by atoms with van der Waals surface area (Å²) in [6.07, 6.45) is 3.75. The lowest BCUT2D eigenvalue weighted by atomic mass is 10.1. The Morgan fingerprint density at radius 1 is 1.35 bits per heavy atom. The second kappa shape index (κ2) is 7.33. The normalized spacial score (nSPS) is 17.2. The first kappa shape index (κ1) is 15.6. The van der Waals surface area contributed by atoms with Gasteiger partial charge in [-0.05, 0) is 43.2 Å². The molecule has 2 heterocycles. The van der Waals surface area contributed by atoms with Gasteiger partial charge in [0.1, 0.15) is 11.5 Å². The van der Waals surface area contributed by atoms with Crippen molar-refractivity contribution in [1.82, 2.24) is 4.90 Å². The largest absolute Gasteiger partial charge is 0.497 e. The Kier molecular flexibility index (Phi) is 4.98. The van der Waals surface area contributed by atoms with Crippen LogP contribution in [0.2, 0.25) is 0 Å². The molecule has 1 atom stereocenters. The summed E-state index contributed by atoms with van der Waals surface area (Å²) in [6.45, 7) is 1.77. The van der Waals surface area contributed by atoms with Gasteiger partial charge in [-0.2, -0.15) is 0 Å². The molecule has 1 aliphatic rings. The van der Waals surface area contributed by atoms with E-state index in [0.717, 1.165) is 25.2 Å². The van der Waals surface area contributed by atoms with Crippen molar-refractivity contribution in [3.63, 3.8) is 0 Å². The first-order valence-electron chi connectivity index (χ1n) is 7.83. The van der Waals surface area contributed by atoms with Crippen LogP contribution in [-0.4, -0.2) is 37.2 Å². The maximum atomic E-state index is 12.9. The van der Waals surface area contributed by atoms with Crippen LogP contribution < -0.4 is 4.74 Å². The third kappa shape index (κ3) is 3.93. The predicted molar refractivity (Wildman–Crippen MR) is 85.4 cm³/mol. The zero-order chi connectivity index (χ0) is 16.1. The molecule has 0 bridgehead atoms. The van der Waals surface area contributed by atoms with E-state index < -0.39 is 0 Å². The molecule has 122 valence electrons. The first-order chi connectivity index (χ1) is 11.3. The summed E-state index contributed by atoms with van der Waals surface area (Å²) in [5.74, 6) is 1.39. The van der Waals surface area contributed by atoms with E-state index in [9.17, 15) is 4.79 Å². The molecule has 23 heavy (non-hydrogen) atoms. The van der Waals surface area contributed by atoms with E-state index in [1.807, 2.05) is 24.3 Å². The number of benzene rings is 1. The fraction of sp³-hybridized carbons (Fsp3) is 0.389. The fourth-order valence-electron chi connectivity index (χ4n) is 2.78. The van der Waals surface area contributed by atoms with Crippen molar-refractivity contribution in [3.8, 4) is 5.75 Å². The fourth-order valence-corrected chi connectivity index (χ4v) is 2.78. The van der Waals surface area contributed by atoms with Gasteiger partial charge in [0.2, 0.25) is 0 Å². The smallest absolute Gasteiger partial charge is 0.254 e. The number of nitrogens with zero attached hydrogens (tertiary/aromatic N) is 1. The topological polar surface area (TPSA) is 51.9 Å². The highest BCUT2D eigenvalue weighted by Gasteiger charge is 2.24. The van der Waals surface area contributed by atoms with E-state index >= 15 is 0 Å². The monoisotopic (exact) mass is 315 g/mol. The summed E-state index contributed by atoms with van der Waals surface area (Å²) in [5, 5.41) is 0. The van der Waals surface area contributed by atoms with Gasteiger partial charge >= 0.3 is 0 Å². The molecule has 2 aromatic rings. The van der Waals surface area contributed by atoms with E-state index in [0.29, 0.717) is 24.4 Å². The maximum absolute atomic E-state index is 12.9. The lowest BCUT2D eigenvalue weighted by molar-refractivity contribution is 0.0491. The van der Waals surface area contributed by atoms with E-state index in [2.05, 4.69) is 0 Å². The van der Waals surface area contributed by atoms with Gasteiger partial charge in [-0.25, -0.2) is 0 Å². The number of rotatable bonds is 6. The molecule has 1 aliphatic heterocycles. The van der Waals surface area contributed by atoms with Crippen molar-refractivity contribution in [1.29, 1.82) is 0 Å². The van der Waals surface area contributed by atoms with Gasteiger partial charge in [-0.3, -0.25) is 4.79 Å². The van der Waals surface area contributed by atoms with Crippen LogP contribution in [0, 0.1) is 0 Å². The molecule has 0 spiro atoms. The minimum atomic E-state index is -0.0456. The average molecular weight is 315 g/mol. The molecule has 5 heteroatoms. The number of carbonyl (C=O) groups is 1. The first-order valence-corrected chi connectivity index (χ1v) is 7.83. The molecular formula is C18H21NO4. The zero-order valence-electron chi connectivity index (χ0n) is 13.2. The summed E-state index contributed by atoms with van der Waals surface area (Å²) in [5.41, 5.74) is 0.605. The standard InChI is InChI=1S/C18H21NO4/c1-21-15-6-2-5-14(11-15)18(20)19(12-16-7-3-9-22-16)13-17-8-4-10-23-17/h2-3,5-7,9,11,17H,4,8,10,12-13H2,1H3. The summed E-state index contributed by atoms with van der Waals surface area (Å²) in [6, 6.07) is 10.9. The van der Waals surface area contributed by atoms with E-state index in [-0.39, 0.29) is 12.0 Å². The molecule has 1 aromatic heterocycles. The molecule has 1 saturated heterocycles. The molecule has 3 rings (SSSR count). The number of carbonyl (C=O) groups excluding carboxylic acids is 1. The molecule has 1 aromatic carbocycles. The Morgan fingerprint density at radius 2 is 2.26 bits per heavy atom. The summed E-state index contributed by atoms with van der Waals surface area (Å²) >= 11 is 0. The highest BCUT2D eigenvalue weighted by atomic mass is 16.5. The summed E-state index contributed by atoms with van der Waals surface area (Å²) < 4.78 is 16.3. The van der Waals surface area contributed by atoms with Crippen LogP contribution in [0.1, 0.15) is 29.0 Å². The highest BCUT2D eigenvalue weighted by molar-refractivity contribution is 5.94. The molecule has 1 fully saturated rings. The van der Waals surface area contributed by atoms with Crippen LogP contribution in [-0.2, 0) is 11.3 Å². The Labute approximate surface area is 135 Å². The van der Waals surface area contributed by atoms with Crippen LogP contribution in [0.25, 0.3) is 0 Å². The third-order valence-electron chi connectivity index (χ3n) is 3.98. The van der Waals surface area contributed by atoms with Crippen LogP contribution in [0.4, 0.5) is 0 Å². The van der Waals surface area contributed by atoms with Crippen molar-refractivity contribution in [2.75, 3.05) is 20.3 Å². The third-order valence-corrected chi connectivity index (χ3v) is 3.98. The number of hydrogen-bond acceptors (Lipinski definition) is 4. The zero-order valence-corrected chi connectivity index (χ0v) is 13.2. The lowest BCUT2D eigenvalue weighted by Crippen LogP contribution is -2.36. The van der Waals surface area contributed by atoms with Crippen LogP contribution >= 0.6 is 0 Å². The Morgan fingerprint density at radius 3 is 2.96 bits per heavy atom. The van der Waals surface area contributed by atoms with Gasteiger partial charge in [-0.1, -0.05) is 6.07 Å². The molecule has 1 unspecified atom stereocenters. The van der Waals surface area contributed by atoms with Gasteiger partial charge in [0, 0.05) is 18.7 Å². The minimum absolute atomic E-state index is 0.0456. The number of amides is 1. The predicted octanol–water partition coefficient (Wildman–Crippen LogP) is 3.11. The van der Waals surface area contributed by atoms with Crippen LogP contribution in [0.5, 0.6) is 5.75 Å². The van der Waals surface area contributed by atoms with E-state index in [1.54, 1.807) is 30.4 Å². The van der Waals surface area contributed by atoms with E-state index in [4.69, 9.17) is 13.9 Å². The van der Waals surface area contributed by atoms with Gasteiger partial charge in [0.05, 0.1) is 26.0 Å². The van der Waals surface area contributed by atoms with E-state index in [1.165, 1.54) is 0 Å². The van der Waals surface area contributed by atoms with Gasteiger partial charge in [-0.15, -0.1) is 0 Å². The van der Waals surface area contributed by atoms with Crippen molar-refractivity contribution in [2.45, 2.75) is 25.5 Å². The minimum Gasteiger partial charge on any atom is -0.497 e. The molecule has 0 aliphatic carbocycles. The molecule has 5 nitrogen and oxygen atoms in total. The van der Waals surface area contributed by atoms with Crippen molar-refractivity contribution in [3.05, 3.63) is 54.0 Å². The second-order valence-corrected chi connectivity index (χ2v) is 5.63.